The van der Waals surface area contributed by atoms with E-state index in [1.807, 2.05) is 26.8 Å². The van der Waals surface area contributed by atoms with Gasteiger partial charge in [-0.2, -0.15) is 0 Å². The van der Waals surface area contributed by atoms with Crippen molar-refractivity contribution in [2.24, 2.45) is 0 Å². The van der Waals surface area contributed by atoms with Gasteiger partial charge < -0.3 is 15.0 Å². The van der Waals surface area contributed by atoms with Crippen LogP contribution in [0.5, 0.6) is 5.75 Å². The second kappa shape index (κ2) is 10.4. The lowest BCUT2D eigenvalue weighted by Crippen LogP contribution is -2.53. The molecule has 0 saturated carbocycles. The first-order chi connectivity index (χ1) is 14.0. The van der Waals surface area contributed by atoms with Crippen molar-refractivity contribution in [1.29, 1.82) is 0 Å². The molecule has 8 heteroatoms. The first kappa shape index (κ1) is 24.3. The number of carbonyl (C=O) groups excluding carboxylic acids is 2. The number of nitrogens with zero attached hydrogens (tertiary/aromatic N) is 1. The number of nitrogens with one attached hydrogen (secondary N) is 1. The van der Waals surface area contributed by atoms with E-state index in [4.69, 9.17) is 39.5 Å². The van der Waals surface area contributed by atoms with Crippen LogP contribution in [-0.2, 0) is 16.1 Å². The Bertz CT molecular complexity index is 913. The molecule has 2 rings (SSSR count). The molecule has 162 valence electrons. The van der Waals surface area contributed by atoms with E-state index in [1.54, 1.807) is 37.3 Å². The molecular formula is C22H25Cl3N2O3. The van der Waals surface area contributed by atoms with Crippen LogP contribution >= 0.6 is 34.8 Å². The van der Waals surface area contributed by atoms with E-state index in [-0.39, 0.29) is 25.0 Å². The molecule has 0 aliphatic carbocycles. The molecule has 2 aromatic carbocycles. The van der Waals surface area contributed by atoms with Gasteiger partial charge in [0.15, 0.2) is 6.61 Å². The van der Waals surface area contributed by atoms with Crippen molar-refractivity contribution in [2.75, 3.05) is 6.61 Å². The van der Waals surface area contributed by atoms with E-state index >= 15 is 0 Å². The maximum absolute atomic E-state index is 13.0. The van der Waals surface area contributed by atoms with Crippen LogP contribution in [0.4, 0.5) is 0 Å². The molecule has 0 spiro atoms. The monoisotopic (exact) mass is 470 g/mol. The summed E-state index contributed by atoms with van der Waals surface area (Å²) in [6.07, 6.45) is 0. The molecule has 0 aliphatic rings. The average Bonchev–Trinajstić information content (AvgIpc) is 2.63. The quantitative estimate of drug-likeness (QED) is 0.591. The maximum atomic E-state index is 13.0. The molecule has 0 radical (unpaired) electrons. The Balaban J connectivity index is 2.20. The molecule has 2 aromatic rings. The summed E-state index contributed by atoms with van der Waals surface area (Å²) in [4.78, 5) is 27.2. The summed E-state index contributed by atoms with van der Waals surface area (Å²) in [6.45, 7) is 7.24. The van der Waals surface area contributed by atoms with Crippen LogP contribution in [0.25, 0.3) is 0 Å². The number of hydrogen-bond acceptors (Lipinski definition) is 3. The Morgan fingerprint density at radius 3 is 2.33 bits per heavy atom. The fourth-order valence-electron chi connectivity index (χ4n) is 2.70. The molecule has 0 bridgehead atoms. The van der Waals surface area contributed by atoms with Gasteiger partial charge in [0.1, 0.15) is 11.8 Å². The third-order valence-electron chi connectivity index (χ3n) is 4.15. The fourth-order valence-corrected chi connectivity index (χ4v) is 3.38. The Morgan fingerprint density at radius 2 is 1.73 bits per heavy atom. The Hall–Kier alpha value is -1.95. The number of ether oxygens (including phenoxy) is 1. The molecule has 0 heterocycles. The number of halogens is 3. The molecule has 30 heavy (non-hydrogen) atoms. The second-order valence-corrected chi connectivity index (χ2v) is 9.21. The van der Waals surface area contributed by atoms with E-state index in [9.17, 15) is 9.59 Å². The minimum absolute atomic E-state index is 0.204. The lowest BCUT2D eigenvalue weighted by Gasteiger charge is -2.31. The molecule has 0 aliphatic heterocycles. The number of amides is 2. The first-order valence-electron chi connectivity index (χ1n) is 9.40. The maximum Gasteiger partial charge on any atom is 0.261 e. The SMILES string of the molecule is CC(C(=O)NC(C)(C)C)N(Cc1cccc(Cl)c1)C(=O)COc1ccc(Cl)cc1Cl. The summed E-state index contributed by atoms with van der Waals surface area (Å²) in [5, 5.41) is 4.22. The van der Waals surface area contributed by atoms with E-state index < -0.39 is 11.6 Å². The molecule has 1 atom stereocenters. The lowest BCUT2D eigenvalue weighted by molar-refractivity contribution is -0.142. The summed E-state index contributed by atoms with van der Waals surface area (Å²) in [5.41, 5.74) is 0.375. The van der Waals surface area contributed by atoms with Crippen LogP contribution in [0.1, 0.15) is 33.3 Å². The van der Waals surface area contributed by atoms with Crippen molar-refractivity contribution < 1.29 is 14.3 Å². The molecule has 2 amide bonds. The molecule has 1 N–H and O–H groups in total. The van der Waals surface area contributed by atoms with Gasteiger partial charge in [-0.05, 0) is 63.6 Å². The van der Waals surface area contributed by atoms with Crippen molar-refractivity contribution >= 4 is 46.6 Å². The molecule has 0 fully saturated rings. The van der Waals surface area contributed by atoms with Gasteiger partial charge >= 0.3 is 0 Å². The summed E-state index contributed by atoms with van der Waals surface area (Å²) in [6, 6.07) is 11.2. The van der Waals surface area contributed by atoms with Gasteiger partial charge in [-0.25, -0.2) is 0 Å². The molecule has 1 unspecified atom stereocenters. The normalized spacial score (nSPS) is 12.2. The van der Waals surface area contributed by atoms with Gasteiger partial charge in [0.05, 0.1) is 5.02 Å². The van der Waals surface area contributed by atoms with Gasteiger partial charge in [0.2, 0.25) is 5.91 Å². The van der Waals surface area contributed by atoms with Gasteiger partial charge in [0.25, 0.3) is 5.91 Å². The Labute approximate surface area is 192 Å². The first-order valence-corrected chi connectivity index (χ1v) is 10.5. The average molecular weight is 472 g/mol. The van der Waals surface area contributed by atoms with Crippen LogP contribution in [-0.4, -0.2) is 34.9 Å². The third-order valence-corrected chi connectivity index (χ3v) is 4.92. The standard InChI is InChI=1S/C22H25Cl3N2O3/c1-14(21(29)26-22(2,3)4)27(12-15-6-5-7-16(23)10-15)20(28)13-30-19-9-8-17(24)11-18(19)25/h5-11,14H,12-13H2,1-4H3,(H,26,29). The highest BCUT2D eigenvalue weighted by Crippen LogP contribution is 2.27. The molecule has 0 aromatic heterocycles. The minimum Gasteiger partial charge on any atom is -0.482 e. The topological polar surface area (TPSA) is 58.6 Å². The molecule has 5 nitrogen and oxygen atoms in total. The van der Waals surface area contributed by atoms with Crippen molar-refractivity contribution in [2.45, 2.75) is 45.8 Å². The summed E-state index contributed by atoms with van der Waals surface area (Å²) in [7, 11) is 0. The number of rotatable bonds is 7. The fraction of sp³-hybridized carbons (Fsp3) is 0.364. The van der Waals surface area contributed by atoms with Gasteiger partial charge in [0, 0.05) is 22.1 Å². The van der Waals surface area contributed by atoms with Gasteiger partial charge in [-0.1, -0.05) is 46.9 Å². The van der Waals surface area contributed by atoms with Crippen LogP contribution < -0.4 is 10.1 Å². The van der Waals surface area contributed by atoms with Crippen molar-refractivity contribution in [1.82, 2.24) is 10.2 Å². The smallest absolute Gasteiger partial charge is 0.261 e. The lowest BCUT2D eigenvalue weighted by atomic mass is 10.1. The number of hydrogen-bond donors (Lipinski definition) is 1. The van der Waals surface area contributed by atoms with Crippen LogP contribution in [0.15, 0.2) is 42.5 Å². The summed E-state index contributed by atoms with van der Waals surface area (Å²) >= 11 is 18.1. The zero-order valence-corrected chi connectivity index (χ0v) is 19.6. The summed E-state index contributed by atoms with van der Waals surface area (Å²) in [5.74, 6) is -0.288. The van der Waals surface area contributed by atoms with Crippen molar-refractivity contribution in [3.8, 4) is 5.75 Å². The molecular weight excluding hydrogens is 447 g/mol. The van der Waals surface area contributed by atoms with Gasteiger partial charge in [-0.15, -0.1) is 0 Å². The Kier molecular flexibility index (Phi) is 8.42. The zero-order valence-electron chi connectivity index (χ0n) is 17.3. The van der Waals surface area contributed by atoms with Crippen LogP contribution in [0.2, 0.25) is 15.1 Å². The van der Waals surface area contributed by atoms with Gasteiger partial charge in [-0.3, -0.25) is 9.59 Å². The predicted molar refractivity (Wildman–Crippen MR) is 121 cm³/mol. The van der Waals surface area contributed by atoms with E-state index in [2.05, 4.69) is 5.32 Å². The highest BCUT2D eigenvalue weighted by atomic mass is 35.5. The van der Waals surface area contributed by atoms with E-state index in [0.29, 0.717) is 20.8 Å². The zero-order chi connectivity index (χ0) is 22.5. The third kappa shape index (κ3) is 7.38. The Morgan fingerprint density at radius 1 is 1.07 bits per heavy atom. The van der Waals surface area contributed by atoms with E-state index in [1.165, 1.54) is 11.0 Å². The highest BCUT2D eigenvalue weighted by Gasteiger charge is 2.28. The van der Waals surface area contributed by atoms with E-state index in [0.717, 1.165) is 5.56 Å². The second-order valence-electron chi connectivity index (χ2n) is 7.93. The summed E-state index contributed by atoms with van der Waals surface area (Å²) < 4.78 is 5.59. The molecule has 0 saturated heterocycles. The number of benzene rings is 2. The van der Waals surface area contributed by atoms with Crippen molar-refractivity contribution in [3.05, 3.63) is 63.1 Å². The van der Waals surface area contributed by atoms with Crippen LogP contribution in [0.3, 0.4) is 0 Å². The minimum atomic E-state index is -0.722. The predicted octanol–water partition coefficient (Wildman–Crippen LogP) is 5.36. The van der Waals surface area contributed by atoms with Crippen molar-refractivity contribution in [3.63, 3.8) is 0 Å². The number of carbonyl (C=O) groups is 2. The largest absolute Gasteiger partial charge is 0.482 e. The van der Waals surface area contributed by atoms with Crippen LogP contribution in [0, 0.1) is 0 Å². The highest BCUT2D eigenvalue weighted by molar-refractivity contribution is 6.35.